The highest BCUT2D eigenvalue weighted by Gasteiger charge is 2.27. The number of rotatable bonds is 5. The summed E-state index contributed by atoms with van der Waals surface area (Å²) < 4.78 is 0. The molecule has 6 heteroatoms. The largest absolute Gasteiger partial charge is 0.478 e. The van der Waals surface area contributed by atoms with Crippen molar-refractivity contribution in [2.75, 3.05) is 19.3 Å². The smallest absolute Gasteiger partial charge is 0.328 e. The lowest BCUT2D eigenvalue weighted by Crippen LogP contribution is -2.51. The van der Waals surface area contributed by atoms with Gasteiger partial charge in [-0.1, -0.05) is 48.6 Å². The summed E-state index contributed by atoms with van der Waals surface area (Å²) in [5.74, 6) is -2.51. The Labute approximate surface area is 138 Å². The maximum atomic E-state index is 9.55. The Morgan fingerprint density at radius 3 is 1.96 bits per heavy atom. The van der Waals surface area contributed by atoms with Gasteiger partial charge < -0.3 is 15.1 Å². The molecule has 0 unspecified atom stereocenters. The predicted molar refractivity (Wildman–Crippen MR) is 93.6 cm³/mol. The first-order valence-corrected chi connectivity index (χ1v) is 10.9. The van der Waals surface area contributed by atoms with Gasteiger partial charge in [0.25, 0.3) is 0 Å². The van der Waals surface area contributed by atoms with Gasteiger partial charge >= 0.3 is 11.9 Å². The van der Waals surface area contributed by atoms with E-state index in [1.165, 1.54) is 32.1 Å². The highest BCUT2D eigenvalue weighted by Crippen LogP contribution is 2.12. The van der Waals surface area contributed by atoms with E-state index < -0.39 is 20.0 Å². The number of likely N-dealkylation sites (tertiary alicyclic amines) is 1. The van der Waals surface area contributed by atoms with Gasteiger partial charge in [-0.2, -0.15) is 0 Å². The summed E-state index contributed by atoms with van der Waals surface area (Å²) in [6.45, 7) is 7.62. The minimum absolute atomic E-state index is 0.558. The molecule has 1 aromatic carbocycles. The molecule has 5 nitrogen and oxygen atoms in total. The van der Waals surface area contributed by atoms with Gasteiger partial charge in [0.15, 0.2) is 0 Å². The monoisotopic (exact) mass is 335 g/mol. The lowest BCUT2D eigenvalue weighted by atomic mass is 10.4. The van der Waals surface area contributed by atoms with Crippen LogP contribution >= 0.6 is 0 Å². The molecule has 1 aromatic rings. The molecule has 0 radical (unpaired) electrons. The van der Waals surface area contributed by atoms with E-state index in [0.29, 0.717) is 12.2 Å². The van der Waals surface area contributed by atoms with Crippen LogP contribution in [0.1, 0.15) is 12.8 Å². The van der Waals surface area contributed by atoms with Crippen LogP contribution in [0.2, 0.25) is 13.1 Å². The summed E-state index contributed by atoms with van der Waals surface area (Å²) in [4.78, 5) is 21.8. The topological polar surface area (TPSA) is 77.8 Å². The second-order valence-electron chi connectivity index (χ2n) is 6.24. The van der Waals surface area contributed by atoms with Crippen molar-refractivity contribution < 1.29 is 19.8 Å². The van der Waals surface area contributed by atoms with Crippen LogP contribution in [-0.4, -0.2) is 54.4 Å². The fourth-order valence-electron chi connectivity index (χ4n) is 2.62. The van der Waals surface area contributed by atoms with E-state index in [2.05, 4.69) is 48.3 Å². The van der Waals surface area contributed by atoms with Gasteiger partial charge in [0.05, 0.1) is 8.07 Å². The number of aliphatic carboxylic acids is 2. The highest BCUT2D eigenvalue weighted by molar-refractivity contribution is 6.89. The van der Waals surface area contributed by atoms with E-state index in [9.17, 15) is 9.59 Å². The maximum absolute atomic E-state index is 9.55. The molecule has 126 valence electrons. The number of hydrogen-bond acceptors (Lipinski definition) is 3. The standard InChI is InChI=1S/C13H21NSi.C4H4O4/c1-15(2,12-14-10-6-7-11-14)13-8-4-3-5-9-13;5-3(6)1-2-4(7)8/h3-5,8-9H,6-7,10-12H2,1-2H3;1-2H,(H,5,6)(H,7,8). The fraction of sp³-hybridized carbons (Fsp3) is 0.412. The van der Waals surface area contributed by atoms with Crippen LogP contribution in [0.3, 0.4) is 0 Å². The van der Waals surface area contributed by atoms with Gasteiger partial charge in [-0.15, -0.1) is 0 Å². The van der Waals surface area contributed by atoms with Crippen molar-refractivity contribution in [3.05, 3.63) is 42.5 Å². The fourth-order valence-corrected chi connectivity index (χ4v) is 5.33. The van der Waals surface area contributed by atoms with E-state index in [-0.39, 0.29) is 0 Å². The summed E-state index contributed by atoms with van der Waals surface area (Å²) in [5, 5.41) is 17.2. The summed E-state index contributed by atoms with van der Waals surface area (Å²) in [6.07, 6.45) is 5.25. The number of nitrogens with zero attached hydrogens (tertiary/aromatic N) is 1. The van der Waals surface area contributed by atoms with Crippen molar-refractivity contribution in [3.63, 3.8) is 0 Å². The minimum atomic E-state index is -1.26. The van der Waals surface area contributed by atoms with Crippen LogP contribution in [0, 0.1) is 0 Å². The molecule has 0 amide bonds. The van der Waals surface area contributed by atoms with Crippen molar-refractivity contribution in [1.82, 2.24) is 4.90 Å². The molecule has 1 saturated heterocycles. The van der Waals surface area contributed by atoms with Gasteiger partial charge in [-0.25, -0.2) is 9.59 Å². The Morgan fingerprint density at radius 2 is 1.52 bits per heavy atom. The van der Waals surface area contributed by atoms with Crippen LogP contribution in [0.25, 0.3) is 0 Å². The molecule has 1 aliphatic rings. The van der Waals surface area contributed by atoms with Crippen molar-refractivity contribution in [1.29, 1.82) is 0 Å². The van der Waals surface area contributed by atoms with Crippen molar-refractivity contribution >= 4 is 25.2 Å². The van der Waals surface area contributed by atoms with Crippen LogP contribution in [-0.2, 0) is 9.59 Å². The Morgan fingerprint density at radius 1 is 1.04 bits per heavy atom. The molecule has 2 rings (SSSR count). The van der Waals surface area contributed by atoms with E-state index in [1.807, 2.05) is 0 Å². The Hall–Kier alpha value is -1.92. The van der Waals surface area contributed by atoms with Crippen LogP contribution in [0.4, 0.5) is 0 Å². The quantitative estimate of drug-likeness (QED) is 0.635. The molecule has 0 saturated carbocycles. The summed E-state index contributed by atoms with van der Waals surface area (Å²) in [7, 11) is -1.22. The molecule has 1 aliphatic heterocycles. The molecule has 1 fully saturated rings. The van der Waals surface area contributed by atoms with E-state index in [0.717, 1.165) is 0 Å². The van der Waals surface area contributed by atoms with Crippen LogP contribution in [0.5, 0.6) is 0 Å². The zero-order valence-electron chi connectivity index (χ0n) is 13.7. The average molecular weight is 335 g/mol. The van der Waals surface area contributed by atoms with Crippen molar-refractivity contribution in [2.45, 2.75) is 25.9 Å². The number of carbonyl (C=O) groups is 2. The molecular formula is C17H25NO4Si. The lowest BCUT2D eigenvalue weighted by molar-refractivity contribution is -0.134. The van der Waals surface area contributed by atoms with Crippen LogP contribution in [0.15, 0.2) is 42.5 Å². The van der Waals surface area contributed by atoms with Gasteiger partial charge in [0.2, 0.25) is 0 Å². The van der Waals surface area contributed by atoms with Crippen molar-refractivity contribution in [3.8, 4) is 0 Å². The lowest BCUT2D eigenvalue weighted by Gasteiger charge is -2.28. The predicted octanol–water partition coefficient (Wildman–Crippen LogP) is 1.95. The molecule has 0 aromatic heterocycles. The normalized spacial score (nSPS) is 15.2. The number of carboxylic acid groups (broad SMARTS) is 2. The molecular weight excluding hydrogens is 310 g/mol. The highest BCUT2D eigenvalue weighted by atomic mass is 28.3. The van der Waals surface area contributed by atoms with Gasteiger partial charge in [-0.3, -0.25) is 0 Å². The van der Waals surface area contributed by atoms with Gasteiger partial charge in [0.1, 0.15) is 0 Å². The Balaban J connectivity index is 0.000000284. The third-order valence-corrected chi connectivity index (χ3v) is 6.88. The number of benzene rings is 1. The molecule has 0 atom stereocenters. The molecule has 0 spiro atoms. The second-order valence-corrected chi connectivity index (χ2v) is 10.9. The van der Waals surface area contributed by atoms with Crippen LogP contribution < -0.4 is 5.19 Å². The first kappa shape index (κ1) is 19.1. The van der Waals surface area contributed by atoms with E-state index in [1.54, 1.807) is 5.19 Å². The molecule has 2 N–H and O–H groups in total. The zero-order valence-corrected chi connectivity index (χ0v) is 14.7. The average Bonchev–Trinajstić information content (AvgIpc) is 2.99. The second kappa shape index (κ2) is 9.27. The molecule has 0 aliphatic carbocycles. The van der Waals surface area contributed by atoms with E-state index in [4.69, 9.17) is 10.2 Å². The first-order valence-electron chi connectivity index (χ1n) is 7.73. The van der Waals surface area contributed by atoms with Gasteiger partial charge in [0, 0.05) is 12.2 Å². The first-order chi connectivity index (χ1) is 10.8. The number of hydrogen-bond donors (Lipinski definition) is 2. The van der Waals surface area contributed by atoms with Crippen molar-refractivity contribution in [2.24, 2.45) is 0 Å². The summed E-state index contributed by atoms with van der Waals surface area (Å²) in [5.41, 5.74) is 0. The summed E-state index contributed by atoms with van der Waals surface area (Å²) >= 11 is 0. The van der Waals surface area contributed by atoms with Gasteiger partial charge in [-0.05, 0) is 32.1 Å². The molecule has 23 heavy (non-hydrogen) atoms. The number of carboxylic acids is 2. The Bertz CT molecular complexity index is 521. The maximum Gasteiger partial charge on any atom is 0.328 e. The summed E-state index contributed by atoms with van der Waals surface area (Å²) in [6, 6.07) is 11.1. The molecule has 0 bridgehead atoms. The van der Waals surface area contributed by atoms with E-state index >= 15 is 0 Å². The minimum Gasteiger partial charge on any atom is -0.478 e. The third kappa shape index (κ3) is 7.76. The Kier molecular flexibility index (Phi) is 7.71. The third-order valence-electron chi connectivity index (χ3n) is 3.74. The zero-order chi connectivity index (χ0) is 17.3. The SMILES string of the molecule is C[Si](C)(CN1CCCC1)c1ccccc1.O=C(O)C=CC(=O)O. The molecule has 1 heterocycles.